The van der Waals surface area contributed by atoms with Crippen molar-refractivity contribution in [3.63, 3.8) is 0 Å². The first-order valence-corrected chi connectivity index (χ1v) is 6.15. The molecule has 0 amide bonds. The van der Waals surface area contributed by atoms with Crippen molar-refractivity contribution < 1.29 is 14.3 Å². The van der Waals surface area contributed by atoms with Gasteiger partial charge in [-0.15, -0.1) is 11.8 Å². The summed E-state index contributed by atoms with van der Waals surface area (Å²) in [6.45, 7) is 2.04. The van der Waals surface area contributed by atoms with Crippen LogP contribution in [0.15, 0.2) is 45.7 Å². The Morgan fingerprint density at radius 1 is 1.24 bits per heavy atom. The molecule has 3 nitrogen and oxygen atoms in total. The molecule has 0 fully saturated rings. The number of rotatable bonds is 4. The molecule has 0 spiro atoms. The molecule has 1 aromatic heterocycles. The average molecular weight is 248 g/mol. The van der Waals surface area contributed by atoms with Gasteiger partial charge in [-0.05, 0) is 31.2 Å². The van der Waals surface area contributed by atoms with Gasteiger partial charge < -0.3 is 9.52 Å². The monoisotopic (exact) mass is 248 g/mol. The molecule has 1 aromatic carbocycles. The molecule has 0 aliphatic rings. The van der Waals surface area contributed by atoms with Crippen molar-refractivity contribution >= 4 is 17.7 Å². The number of aryl methyl sites for hydroxylation is 1. The van der Waals surface area contributed by atoms with E-state index in [0.29, 0.717) is 11.5 Å². The first-order valence-electron chi connectivity index (χ1n) is 5.16. The number of benzene rings is 1. The van der Waals surface area contributed by atoms with E-state index in [4.69, 9.17) is 9.52 Å². The Hall–Kier alpha value is -1.68. The van der Waals surface area contributed by atoms with Crippen LogP contribution in [0.1, 0.15) is 21.9 Å². The van der Waals surface area contributed by atoms with Gasteiger partial charge in [0.05, 0.1) is 5.75 Å². The van der Waals surface area contributed by atoms with Gasteiger partial charge in [0.25, 0.3) is 0 Å². The zero-order valence-electron chi connectivity index (χ0n) is 9.34. The summed E-state index contributed by atoms with van der Waals surface area (Å²) in [5, 5.41) is 8.71. The number of furan rings is 1. The maximum atomic E-state index is 10.6. The second-order valence-electron chi connectivity index (χ2n) is 3.67. The fraction of sp³-hybridized carbons (Fsp3) is 0.154. The van der Waals surface area contributed by atoms with Crippen LogP contribution < -0.4 is 0 Å². The fourth-order valence-corrected chi connectivity index (χ4v) is 2.15. The Morgan fingerprint density at radius 2 is 1.94 bits per heavy atom. The van der Waals surface area contributed by atoms with E-state index in [2.05, 4.69) is 0 Å². The molecular weight excluding hydrogens is 236 g/mol. The van der Waals surface area contributed by atoms with Crippen LogP contribution in [0.5, 0.6) is 0 Å². The summed E-state index contributed by atoms with van der Waals surface area (Å²) < 4.78 is 5.17. The minimum absolute atomic E-state index is 0.00972. The molecule has 0 aliphatic heterocycles. The predicted molar refractivity (Wildman–Crippen MR) is 66.4 cm³/mol. The lowest BCUT2D eigenvalue weighted by atomic mass is 10.2. The van der Waals surface area contributed by atoms with Crippen molar-refractivity contribution in [3.05, 3.63) is 53.5 Å². The summed E-state index contributed by atoms with van der Waals surface area (Å²) in [6.07, 6.45) is 0. The summed E-state index contributed by atoms with van der Waals surface area (Å²) in [5.41, 5.74) is 1.22. The minimum atomic E-state index is -1.03. The van der Waals surface area contributed by atoms with Crippen LogP contribution in [0.4, 0.5) is 0 Å². The molecule has 0 saturated carbocycles. The van der Waals surface area contributed by atoms with Crippen molar-refractivity contribution in [2.75, 3.05) is 0 Å². The Morgan fingerprint density at radius 3 is 2.53 bits per heavy atom. The lowest BCUT2D eigenvalue weighted by Gasteiger charge is -1.99. The van der Waals surface area contributed by atoms with Crippen molar-refractivity contribution in [1.82, 2.24) is 0 Å². The molecule has 2 aromatic rings. The highest BCUT2D eigenvalue weighted by Gasteiger charge is 2.08. The van der Waals surface area contributed by atoms with Crippen LogP contribution in [0.3, 0.4) is 0 Å². The minimum Gasteiger partial charge on any atom is -0.475 e. The lowest BCUT2D eigenvalue weighted by molar-refractivity contribution is 0.0661. The van der Waals surface area contributed by atoms with Crippen LogP contribution in [0.25, 0.3) is 0 Å². The molecule has 0 aliphatic carbocycles. The van der Waals surface area contributed by atoms with E-state index in [1.54, 1.807) is 17.8 Å². The van der Waals surface area contributed by atoms with Gasteiger partial charge in [-0.2, -0.15) is 0 Å². The largest absolute Gasteiger partial charge is 0.475 e. The second kappa shape index (κ2) is 5.10. The quantitative estimate of drug-likeness (QED) is 0.840. The highest BCUT2D eigenvalue weighted by molar-refractivity contribution is 7.98. The molecule has 2 rings (SSSR count). The van der Waals surface area contributed by atoms with Gasteiger partial charge in [-0.1, -0.05) is 17.7 Å². The van der Waals surface area contributed by atoms with E-state index < -0.39 is 5.97 Å². The average Bonchev–Trinajstić information content (AvgIpc) is 2.77. The van der Waals surface area contributed by atoms with Crippen LogP contribution >= 0.6 is 11.8 Å². The van der Waals surface area contributed by atoms with Crippen LogP contribution in [0.2, 0.25) is 0 Å². The van der Waals surface area contributed by atoms with E-state index in [1.807, 2.05) is 31.2 Å². The van der Waals surface area contributed by atoms with Crippen molar-refractivity contribution in [3.8, 4) is 0 Å². The molecule has 0 unspecified atom stereocenters. The molecule has 0 atom stereocenters. The smallest absolute Gasteiger partial charge is 0.371 e. The highest BCUT2D eigenvalue weighted by atomic mass is 32.2. The van der Waals surface area contributed by atoms with Gasteiger partial charge in [0.2, 0.25) is 5.76 Å². The third kappa shape index (κ3) is 3.14. The summed E-state index contributed by atoms with van der Waals surface area (Å²) in [4.78, 5) is 11.8. The van der Waals surface area contributed by atoms with Crippen LogP contribution in [-0.4, -0.2) is 11.1 Å². The number of hydrogen-bond acceptors (Lipinski definition) is 3. The Kier molecular flexibility index (Phi) is 3.54. The Labute approximate surface area is 103 Å². The summed E-state index contributed by atoms with van der Waals surface area (Å²) in [7, 11) is 0. The Bertz CT molecular complexity index is 514. The molecule has 88 valence electrons. The Balaban J connectivity index is 1.97. The van der Waals surface area contributed by atoms with Crippen molar-refractivity contribution in [1.29, 1.82) is 0 Å². The summed E-state index contributed by atoms with van der Waals surface area (Å²) in [5.74, 6) is 0.269. The first kappa shape index (κ1) is 11.8. The summed E-state index contributed by atoms with van der Waals surface area (Å²) in [6, 6.07) is 11.4. The second-order valence-corrected chi connectivity index (χ2v) is 4.72. The van der Waals surface area contributed by atoms with Crippen LogP contribution in [-0.2, 0) is 5.75 Å². The molecule has 0 radical (unpaired) electrons. The SMILES string of the molecule is Cc1ccc(SCc2ccc(C(=O)O)o2)cc1. The normalized spacial score (nSPS) is 10.4. The van der Waals surface area contributed by atoms with Gasteiger partial charge in [0.15, 0.2) is 0 Å². The van der Waals surface area contributed by atoms with Gasteiger partial charge in [0, 0.05) is 4.90 Å². The lowest BCUT2D eigenvalue weighted by Crippen LogP contribution is -1.91. The molecule has 1 N–H and O–H groups in total. The van der Waals surface area contributed by atoms with E-state index in [-0.39, 0.29) is 5.76 Å². The van der Waals surface area contributed by atoms with E-state index in [9.17, 15) is 4.79 Å². The fourth-order valence-electron chi connectivity index (χ4n) is 1.36. The third-order valence-corrected chi connectivity index (χ3v) is 3.31. The number of carboxylic acid groups (broad SMARTS) is 1. The maximum absolute atomic E-state index is 10.6. The third-order valence-electron chi connectivity index (χ3n) is 2.27. The zero-order chi connectivity index (χ0) is 12.3. The number of hydrogen-bond donors (Lipinski definition) is 1. The molecule has 4 heteroatoms. The molecule has 0 saturated heterocycles. The van der Waals surface area contributed by atoms with Gasteiger partial charge in [0.1, 0.15) is 5.76 Å². The maximum Gasteiger partial charge on any atom is 0.371 e. The van der Waals surface area contributed by atoms with Gasteiger partial charge in [-0.3, -0.25) is 0 Å². The molecular formula is C13H12O3S. The first-order chi connectivity index (χ1) is 8.15. The number of carboxylic acids is 1. The van der Waals surface area contributed by atoms with E-state index in [0.717, 1.165) is 4.90 Å². The highest BCUT2D eigenvalue weighted by Crippen LogP contribution is 2.24. The number of carbonyl (C=O) groups is 1. The number of aromatic carboxylic acids is 1. The molecule has 17 heavy (non-hydrogen) atoms. The van der Waals surface area contributed by atoms with Crippen LogP contribution in [0, 0.1) is 6.92 Å². The summed E-state index contributed by atoms with van der Waals surface area (Å²) >= 11 is 1.62. The van der Waals surface area contributed by atoms with E-state index >= 15 is 0 Å². The van der Waals surface area contributed by atoms with Gasteiger partial charge >= 0.3 is 5.97 Å². The standard InChI is InChI=1S/C13H12O3S/c1-9-2-5-11(6-3-9)17-8-10-4-7-12(16-10)13(14)15/h2-7H,8H2,1H3,(H,14,15). The van der Waals surface area contributed by atoms with Gasteiger partial charge in [-0.25, -0.2) is 4.79 Å². The molecule has 1 heterocycles. The number of thioether (sulfide) groups is 1. The zero-order valence-corrected chi connectivity index (χ0v) is 10.2. The van der Waals surface area contributed by atoms with E-state index in [1.165, 1.54) is 11.6 Å². The molecule has 0 bridgehead atoms. The topological polar surface area (TPSA) is 50.4 Å². The van der Waals surface area contributed by atoms with Crippen molar-refractivity contribution in [2.45, 2.75) is 17.6 Å². The van der Waals surface area contributed by atoms with Crippen molar-refractivity contribution in [2.24, 2.45) is 0 Å². The predicted octanol–water partition coefficient (Wildman–Crippen LogP) is 3.58.